The van der Waals surface area contributed by atoms with Crippen LogP contribution in [0.25, 0.3) is 0 Å². The molecule has 0 saturated carbocycles. The zero-order valence-electron chi connectivity index (χ0n) is 13.8. The Hall–Kier alpha value is -2.21. The molecule has 0 bridgehead atoms. The molecular weight excluding hydrogens is 304 g/mol. The Morgan fingerprint density at radius 1 is 1.29 bits per heavy atom. The van der Waals surface area contributed by atoms with Crippen molar-refractivity contribution in [3.63, 3.8) is 0 Å². The third-order valence-corrected chi connectivity index (χ3v) is 4.86. The van der Waals surface area contributed by atoms with Gasteiger partial charge in [0.2, 0.25) is 5.91 Å². The Morgan fingerprint density at radius 3 is 2.83 bits per heavy atom. The molecule has 1 saturated heterocycles. The number of rotatable bonds is 6. The summed E-state index contributed by atoms with van der Waals surface area (Å²) in [5.74, 6) is 0.156. The van der Waals surface area contributed by atoms with E-state index in [1.165, 1.54) is 6.33 Å². The third-order valence-electron chi connectivity index (χ3n) is 4.86. The summed E-state index contributed by atoms with van der Waals surface area (Å²) in [5, 5.41) is 14.1. The summed E-state index contributed by atoms with van der Waals surface area (Å²) < 4.78 is 1.74. The monoisotopic (exact) mass is 328 g/mol. The quantitative estimate of drug-likeness (QED) is 0.874. The first kappa shape index (κ1) is 16.6. The van der Waals surface area contributed by atoms with Gasteiger partial charge in [0.1, 0.15) is 12.7 Å². The van der Waals surface area contributed by atoms with Crippen molar-refractivity contribution < 1.29 is 9.90 Å². The van der Waals surface area contributed by atoms with Crippen LogP contribution in [0.4, 0.5) is 0 Å². The SMILES string of the molecule is O=C(CCCn1cncn1)N1CCC[C@@](CO)(c2ccccc2)C1. The minimum atomic E-state index is -0.332. The highest BCUT2D eigenvalue weighted by Gasteiger charge is 2.37. The standard InChI is InChI=1S/C18H24N4O2/c23-13-18(16-6-2-1-3-7-16)9-5-10-21(12-18)17(24)8-4-11-22-15-19-14-20-22/h1-3,6-7,14-15,23H,4-5,8-13H2/t18-/m1/s1. The van der Waals surface area contributed by atoms with Gasteiger partial charge in [0, 0.05) is 31.5 Å². The fraction of sp³-hybridized carbons (Fsp3) is 0.500. The second-order valence-corrected chi connectivity index (χ2v) is 6.49. The minimum Gasteiger partial charge on any atom is -0.395 e. The van der Waals surface area contributed by atoms with Crippen molar-refractivity contribution in [3.05, 3.63) is 48.5 Å². The number of hydrogen-bond donors (Lipinski definition) is 1. The first-order valence-electron chi connectivity index (χ1n) is 8.50. The van der Waals surface area contributed by atoms with Gasteiger partial charge in [0.25, 0.3) is 0 Å². The van der Waals surface area contributed by atoms with E-state index < -0.39 is 0 Å². The lowest BCUT2D eigenvalue weighted by molar-refractivity contribution is -0.134. The van der Waals surface area contributed by atoms with Crippen molar-refractivity contribution in [1.29, 1.82) is 0 Å². The highest BCUT2D eigenvalue weighted by atomic mass is 16.3. The van der Waals surface area contributed by atoms with Gasteiger partial charge < -0.3 is 10.0 Å². The summed E-state index contributed by atoms with van der Waals surface area (Å²) >= 11 is 0. The molecule has 1 atom stereocenters. The minimum absolute atomic E-state index is 0.0692. The average molecular weight is 328 g/mol. The highest BCUT2D eigenvalue weighted by molar-refractivity contribution is 5.76. The summed E-state index contributed by atoms with van der Waals surface area (Å²) in [7, 11) is 0. The van der Waals surface area contributed by atoms with Crippen LogP contribution in [0.15, 0.2) is 43.0 Å². The van der Waals surface area contributed by atoms with Crippen molar-refractivity contribution in [3.8, 4) is 0 Å². The van der Waals surface area contributed by atoms with Crippen LogP contribution in [0.1, 0.15) is 31.2 Å². The van der Waals surface area contributed by atoms with E-state index >= 15 is 0 Å². The molecule has 0 radical (unpaired) electrons. The molecule has 1 fully saturated rings. The van der Waals surface area contributed by atoms with Crippen LogP contribution in [0.3, 0.4) is 0 Å². The summed E-state index contributed by atoms with van der Waals surface area (Å²) in [6, 6.07) is 10.1. The molecule has 128 valence electrons. The fourth-order valence-corrected chi connectivity index (χ4v) is 3.49. The Bertz CT molecular complexity index is 644. The largest absolute Gasteiger partial charge is 0.395 e. The third kappa shape index (κ3) is 3.64. The topological polar surface area (TPSA) is 71.2 Å². The molecule has 1 aromatic heterocycles. The Balaban J connectivity index is 1.60. The van der Waals surface area contributed by atoms with Crippen LogP contribution in [-0.4, -0.2) is 50.4 Å². The van der Waals surface area contributed by atoms with Crippen LogP contribution in [0, 0.1) is 0 Å². The lowest BCUT2D eigenvalue weighted by Crippen LogP contribution is -2.50. The van der Waals surface area contributed by atoms with Gasteiger partial charge in [-0.05, 0) is 24.8 Å². The van der Waals surface area contributed by atoms with Crippen molar-refractivity contribution in [2.75, 3.05) is 19.7 Å². The molecule has 24 heavy (non-hydrogen) atoms. The number of hydrogen-bond acceptors (Lipinski definition) is 4. The number of carbonyl (C=O) groups is 1. The molecule has 6 heteroatoms. The molecule has 6 nitrogen and oxygen atoms in total. The molecule has 1 aliphatic rings. The number of amides is 1. The number of benzene rings is 1. The first-order chi connectivity index (χ1) is 11.7. The normalized spacial score (nSPS) is 21.0. The van der Waals surface area contributed by atoms with E-state index in [1.807, 2.05) is 23.1 Å². The number of nitrogens with zero attached hydrogens (tertiary/aromatic N) is 4. The molecule has 3 rings (SSSR count). The van der Waals surface area contributed by atoms with Crippen molar-refractivity contribution >= 4 is 5.91 Å². The van der Waals surface area contributed by atoms with E-state index in [9.17, 15) is 9.90 Å². The van der Waals surface area contributed by atoms with Crippen molar-refractivity contribution in [2.24, 2.45) is 0 Å². The first-order valence-corrected chi connectivity index (χ1v) is 8.50. The van der Waals surface area contributed by atoms with Gasteiger partial charge in [-0.1, -0.05) is 30.3 Å². The molecule has 0 unspecified atom stereocenters. The van der Waals surface area contributed by atoms with E-state index in [2.05, 4.69) is 22.2 Å². The molecule has 1 aliphatic heterocycles. The van der Waals surface area contributed by atoms with Crippen LogP contribution in [0.5, 0.6) is 0 Å². The number of aliphatic hydroxyl groups is 1. The van der Waals surface area contributed by atoms with Crippen molar-refractivity contribution in [2.45, 2.75) is 37.6 Å². The Kier molecular flexibility index (Phi) is 5.25. The molecule has 2 heterocycles. The van der Waals surface area contributed by atoms with Gasteiger partial charge in [-0.3, -0.25) is 9.48 Å². The second-order valence-electron chi connectivity index (χ2n) is 6.49. The lowest BCUT2D eigenvalue weighted by atomic mass is 9.74. The summed E-state index contributed by atoms with van der Waals surface area (Å²) in [5.41, 5.74) is 0.786. The van der Waals surface area contributed by atoms with E-state index in [1.54, 1.807) is 11.0 Å². The number of likely N-dealkylation sites (tertiary alicyclic amines) is 1. The smallest absolute Gasteiger partial charge is 0.222 e. The predicted octanol–water partition coefficient (Wildman–Crippen LogP) is 1.61. The molecule has 0 spiro atoms. The Morgan fingerprint density at radius 2 is 2.12 bits per heavy atom. The van der Waals surface area contributed by atoms with Gasteiger partial charge in [0.05, 0.1) is 6.61 Å². The van der Waals surface area contributed by atoms with E-state index in [0.717, 1.165) is 31.4 Å². The van der Waals surface area contributed by atoms with Gasteiger partial charge in [0.15, 0.2) is 0 Å². The Labute approximate surface area is 142 Å². The van der Waals surface area contributed by atoms with Crippen molar-refractivity contribution in [1.82, 2.24) is 19.7 Å². The van der Waals surface area contributed by atoms with Gasteiger partial charge in [-0.2, -0.15) is 5.10 Å². The predicted molar refractivity (Wildman–Crippen MR) is 90.3 cm³/mol. The maximum atomic E-state index is 12.6. The maximum absolute atomic E-state index is 12.6. The average Bonchev–Trinajstić information content (AvgIpc) is 3.16. The second kappa shape index (κ2) is 7.57. The van der Waals surface area contributed by atoms with Gasteiger partial charge >= 0.3 is 0 Å². The molecule has 2 aromatic rings. The van der Waals surface area contributed by atoms with E-state index in [4.69, 9.17) is 0 Å². The molecule has 0 aliphatic carbocycles. The zero-order valence-corrected chi connectivity index (χ0v) is 13.8. The molecule has 1 N–H and O–H groups in total. The number of aryl methyl sites for hydroxylation is 1. The fourth-order valence-electron chi connectivity index (χ4n) is 3.49. The summed E-state index contributed by atoms with van der Waals surface area (Å²) in [6.07, 6.45) is 6.24. The van der Waals surface area contributed by atoms with E-state index in [-0.39, 0.29) is 17.9 Å². The maximum Gasteiger partial charge on any atom is 0.222 e. The summed E-state index contributed by atoms with van der Waals surface area (Å²) in [4.78, 5) is 18.4. The molecular formula is C18H24N4O2. The molecule has 1 amide bonds. The number of piperidine rings is 1. The van der Waals surface area contributed by atoms with Gasteiger partial charge in [-0.15, -0.1) is 0 Å². The highest BCUT2D eigenvalue weighted by Crippen LogP contribution is 2.34. The lowest BCUT2D eigenvalue weighted by Gasteiger charge is -2.42. The zero-order chi connectivity index (χ0) is 16.8. The number of carbonyl (C=O) groups excluding carboxylic acids is 1. The number of aromatic nitrogens is 3. The van der Waals surface area contributed by atoms with Crippen LogP contribution in [0.2, 0.25) is 0 Å². The summed E-state index contributed by atoms with van der Waals surface area (Å²) in [6.45, 7) is 2.13. The number of aliphatic hydroxyl groups excluding tert-OH is 1. The van der Waals surface area contributed by atoms with E-state index in [0.29, 0.717) is 19.5 Å². The molecule has 1 aromatic carbocycles. The van der Waals surface area contributed by atoms with Crippen LogP contribution >= 0.6 is 0 Å². The van der Waals surface area contributed by atoms with Gasteiger partial charge in [-0.25, -0.2) is 4.98 Å². The van der Waals surface area contributed by atoms with Crippen LogP contribution < -0.4 is 0 Å². The van der Waals surface area contributed by atoms with Crippen LogP contribution in [-0.2, 0) is 16.8 Å².